The van der Waals surface area contributed by atoms with E-state index in [0.717, 1.165) is 35.6 Å². The highest BCUT2D eigenvalue weighted by molar-refractivity contribution is 7.12. The maximum atomic E-state index is 12.6. The van der Waals surface area contributed by atoms with Crippen LogP contribution in [0, 0.1) is 0 Å². The molecule has 1 unspecified atom stereocenters. The molecule has 2 heterocycles. The number of ether oxygens (including phenoxy) is 1. The summed E-state index contributed by atoms with van der Waals surface area (Å²) in [6, 6.07) is 5.85. The molecule has 0 saturated heterocycles. The molecule has 19 heavy (non-hydrogen) atoms. The van der Waals surface area contributed by atoms with Crippen LogP contribution in [0.2, 0.25) is 0 Å². The highest BCUT2D eigenvalue weighted by Gasteiger charge is 2.29. The van der Waals surface area contributed by atoms with Gasteiger partial charge in [0.05, 0.1) is 23.6 Å². The number of nitrogens with zero attached hydrogens (tertiary/aromatic N) is 1. The lowest BCUT2D eigenvalue weighted by molar-refractivity contribution is 0.0953. The third kappa shape index (κ3) is 2.28. The van der Waals surface area contributed by atoms with Crippen LogP contribution in [-0.4, -0.2) is 17.9 Å². The molecule has 0 aliphatic heterocycles. The van der Waals surface area contributed by atoms with E-state index >= 15 is 0 Å². The molecule has 0 spiro atoms. The van der Waals surface area contributed by atoms with Gasteiger partial charge in [-0.15, -0.1) is 11.3 Å². The zero-order valence-corrected chi connectivity index (χ0v) is 11.6. The van der Waals surface area contributed by atoms with E-state index in [9.17, 15) is 4.79 Å². The molecular formula is C15H15NO2S. The minimum Gasteiger partial charge on any atom is -0.496 e. The molecule has 4 heteroatoms. The molecule has 2 aromatic rings. The maximum Gasteiger partial charge on any atom is 0.181 e. The molecule has 1 aliphatic rings. The summed E-state index contributed by atoms with van der Waals surface area (Å²) in [5.74, 6) is 0.839. The van der Waals surface area contributed by atoms with Crippen LogP contribution >= 0.6 is 11.3 Å². The van der Waals surface area contributed by atoms with Crippen LogP contribution in [0.5, 0.6) is 5.75 Å². The summed E-state index contributed by atoms with van der Waals surface area (Å²) >= 11 is 1.45. The van der Waals surface area contributed by atoms with Crippen molar-refractivity contribution in [2.75, 3.05) is 7.11 Å². The molecule has 3 nitrogen and oxygen atoms in total. The van der Waals surface area contributed by atoms with Crippen molar-refractivity contribution < 1.29 is 9.53 Å². The van der Waals surface area contributed by atoms with Crippen molar-refractivity contribution >= 4 is 17.1 Å². The van der Waals surface area contributed by atoms with Crippen LogP contribution in [0.3, 0.4) is 0 Å². The predicted octanol–water partition coefficient (Wildman–Crippen LogP) is 3.45. The summed E-state index contributed by atoms with van der Waals surface area (Å²) in [6.45, 7) is 0. The molecule has 0 aromatic carbocycles. The molecule has 0 N–H and O–H groups in total. The predicted molar refractivity (Wildman–Crippen MR) is 75.1 cm³/mol. The monoisotopic (exact) mass is 273 g/mol. The van der Waals surface area contributed by atoms with Crippen molar-refractivity contribution in [1.82, 2.24) is 4.98 Å². The number of pyridine rings is 1. The van der Waals surface area contributed by atoms with Crippen molar-refractivity contribution in [3.05, 3.63) is 45.9 Å². The Balaban J connectivity index is 1.93. The van der Waals surface area contributed by atoms with Gasteiger partial charge in [-0.1, -0.05) is 6.07 Å². The van der Waals surface area contributed by atoms with E-state index < -0.39 is 0 Å². The summed E-state index contributed by atoms with van der Waals surface area (Å²) in [5, 5.41) is 1.87. The van der Waals surface area contributed by atoms with Crippen LogP contribution < -0.4 is 4.74 Å². The Morgan fingerprint density at radius 3 is 3.21 bits per heavy atom. The lowest BCUT2D eigenvalue weighted by atomic mass is 9.83. The topological polar surface area (TPSA) is 39.2 Å². The summed E-state index contributed by atoms with van der Waals surface area (Å²) in [5.41, 5.74) is 2.18. The van der Waals surface area contributed by atoms with E-state index in [4.69, 9.17) is 4.74 Å². The first kappa shape index (κ1) is 12.4. The van der Waals surface area contributed by atoms with E-state index in [-0.39, 0.29) is 11.7 Å². The van der Waals surface area contributed by atoms with E-state index in [1.54, 1.807) is 13.3 Å². The fourth-order valence-corrected chi connectivity index (χ4v) is 3.44. The van der Waals surface area contributed by atoms with Crippen LogP contribution in [-0.2, 0) is 6.42 Å². The largest absolute Gasteiger partial charge is 0.496 e. The number of aromatic nitrogens is 1. The normalized spacial score (nSPS) is 17.8. The molecule has 0 radical (unpaired) electrons. The van der Waals surface area contributed by atoms with Gasteiger partial charge in [0, 0.05) is 17.6 Å². The van der Waals surface area contributed by atoms with Gasteiger partial charge >= 0.3 is 0 Å². The highest BCUT2D eigenvalue weighted by atomic mass is 32.1. The van der Waals surface area contributed by atoms with Crippen molar-refractivity contribution in [2.45, 2.75) is 25.2 Å². The maximum absolute atomic E-state index is 12.6. The Morgan fingerprint density at radius 2 is 2.42 bits per heavy atom. The number of hydrogen-bond donors (Lipinski definition) is 0. The SMILES string of the molecule is COc1csc(C(=O)C2CCCc3cccnc32)c1. The smallest absolute Gasteiger partial charge is 0.181 e. The Labute approximate surface area is 116 Å². The van der Waals surface area contributed by atoms with Gasteiger partial charge in [0.1, 0.15) is 5.75 Å². The minimum absolute atomic E-state index is 0.0895. The summed E-state index contributed by atoms with van der Waals surface area (Å²) in [7, 11) is 1.62. The third-order valence-electron chi connectivity index (χ3n) is 3.57. The quantitative estimate of drug-likeness (QED) is 0.804. The van der Waals surface area contributed by atoms with Gasteiger partial charge in [0.25, 0.3) is 0 Å². The number of fused-ring (bicyclic) bond motifs is 1. The van der Waals surface area contributed by atoms with E-state index in [1.807, 2.05) is 17.5 Å². The van der Waals surface area contributed by atoms with Gasteiger partial charge in [-0.05, 0) is 30.9 Å². The van der Waals surface area contributed by atoms with Gasteiger partial charge in [-0.25, -0.2) is 0 Å². The van der Waals surface area contributed by atoms with Crippen molar-refractivity contribution in [1.29, 1.82) is 0 Å². The van der Waals surface area contributed by atoms with Crippen LogP contribution in [0.4, 0.5) is 0 Å². The van der Waals surface area contributed by atoms with Gasteiger partial charge in [-0.3, -0.25) is 9.78 Å². The molecule has 0 amide bonds. The molecule has 2 aromatic heterocycles. The number of hydrogen-bond acceptors (Lipinski definition) is 4. The number of thiophene rings is 1. The number of Topliss-reactive ketones (excluding diaryl/α,β-unsaturated/α-hetero) is 1. The van der Waals surface area contributed by atoms with Crippen molar-refractivity contribution in [2.24, 2.45) is 0 Å². The number of methoxy groups -OCH3 is 1. The summed E-state index contributed by atoms with van der Waals surface area (Å²) in [4.78, 5) is 17.8. The first-order chi connectivity index (χ1) is 9.29. The first-order valence-electron chi connectivity index (χ1n) is 6.40. The molecule has 3 rings (SSSR count). The Kier molecular flexibility index (Phi) is 3.34. The molecule has 1 atom stereocenters. The van der Waals surface area contributed by atoms with Gasteiger partial charge in [0.2, 0.25) is 0 Å². The third-order valence-corrected chi connectivity index (χ3v) is 4.49. The minimum atomic E-state index is -0.0895. The molecule has 0 fully saturated rings. The second-order valence-electron chi connectivity index (χ2n) is 4.71. The lowest BCUT2D eigenvalue weighted by Gasteiger charge is -2.22. The van der Waals surface area contributed by atoms with Crippen LogP contribution in [0.15, 0.2) is 29.8 Å². The van der Waals surface area contributed by atoms with Crippen LogP contribution in [0.25, 0.3) is 0 Å². The van der Waals surface area contributed by atoms with Gasteiger partial charge in [0.15, 0.2) is 5.78 Å². The fourth-order valence-electron chi connectivity index (χ4n) is 2.59. The first-order valence-corrected chi connectivity index (χ1v) is 7.28. The highest BCUT2D eigenvalue weighted by Crippen LogP contribution is 2.34. The number of carbonyl (C=O) groups is 1. The zero-order chi connectivity index (χ0) is 13.2. The Hall–Kier alpha value is -1.68. The van der Waals surface area contributed by atoms with Crippen molar-refractivity contribution in [3.63, 3.8) is 0 Å². The summed E-state index contributed by atoms with van der Waals surface area (Å²) in [6.07, 6.45) is 4.75. The fraction of sp³-hybridized carbons (Fsp3) is 0.333. The summed E-state index contributed by atoms with van der Waals surface area (Å²) < 4.78 is 5.14. The van der Waals surface area contributed by atoms with Gasteiger partial charge < -0.3 is 4.74 Å². The average Bonchev–Trinajstić information content (AvgIpc) is 2.95. The number of aryl methyl sites for hydroxylation is 1. The standard InChI is InChI=1S/C15H15NO2S/c1-18-11-8-13(19-9-11)15(17)12-6-2-4-10-5-3-7-16-14(10)12/h3,5,7-9,12H,2,4,6H2,1H3. The number of rotatable bonds is 3. The second kappa shape index (κ2) is 5.13. The van der Waals surface area contributed by atoms with E-state index in [0.29, 0.717) is 0 Å². The van der Waals surface area contributed by atoms with E-state index in [1.165, 1.54) is 16.9 Å². The van der Waals surface area contributed by atoms with E-state index in [2.05, 4.69) is 11.1 Å². The zero-order valence-electron chi connectivity index (χ0n) is 10.8. The van der Waals surface area contributed by atoms with Crippen molar-refractivity contribution in [3.8, 4) is 5.75 Å². The number of ketones is 1. The molecular weight excluding hydrogens is 258 g/mol. The molecule has 1 aliphatic carbocycles. The number of carbonyl (C=O) groups excluding carboxylic acids is 1. The second-order valence-corrected chi connectivity index (χ2v) is 5.62. The van der Waals surface area contributed by atoms with Gasteiger partial charge in [-0.2, -0.15) is 0 Å². The molecule has 0 saturated carbocycles. The average molecular weight is 273 g/mol. The lowest BCUT2D eigenvalue weighted by Crippen LogP contribution is -2.19. The molecule has 98 valence electrons. The van der Waals surface area contributed by atoms with Crippen LogP contribution in [0.1, 0.15) is 39.7 Å². The molecule has 0 bridgehead atoms. The Bertz CT molecular complexity index is 606. The Morgan fingerprint density at radius 1 is 1.53 bits per heavy atom.